The number of aromatic nitrogens is 3. The summed E-state index contributed by atoms with van der Waals surface area (Å²) >= 11 is 5.55. The summed E-state index contributed by atoms with van der Waals surface area (Å²) in [4.78, 5) is 0. The van der Waals surface area contributed by atoms with Gasteiger partial charge in [-0.15, -0.1) is 0 Å². The van der Waals surface area contributed by atoms with Crippen LogP contribution in [0.5, 0.6) is 11.5 Å². The first-order chi connectivity index (χ1) is 13.3. The van der Waals surface area contributed by atoms with Crippen molar-refractivity contribution in [1.82, 2.24) is 14.8 Å². The van der Waals surface area contributed by atoms with Crippen LogP contribution in [0.25, 0.3) is 33.3 Å². The van der Waals surface area contributed by atoms with Crippen LogP contribution in [0.1, 0.15) is 23.7 Å². The molecule has 0 atom stereocenters. The zero-order valence-electron chi connectivity index (χ0n) is 16.3. The molecule has 0 amide bonds. The number of H-pyrrole nitrogens is 2. The highest BCUT2D eigenvalue weighted by atomic mass is 32.1. The van der Waals surface area contributed by atoms with E-state index in [-0.39, 0.29) is 11.5 Å². The number of hydrogen-bond donors (Lipinski definition) is 4. The van der Waals surface area contributed by atoms with Gasteiger partial charge in [0, 0.05) is 40.8 Å². The van der Waals surface area contributed by atoms with Crippen LogP contribution in [0, 0.1) is 18.5 Å². The van der Waals surface area contributed by atoms with E-state index in [1.54, 1.807) is 6.07 Å². The Morgan fingerprint density at radius 3 is 2.50 bits per heavy atom. The van der Waals surface area contributed by atoms with Crippen LogP contribution in [0.15, 0.2) is 30.3 Å². The van der Waals surface area contributed by atoms with E-state index in [2.05, 4.69) is 53.9 Å². The highest BCUT2D eigenvalue weighted by Gasteiger charge is 2.18. The number of nitrogens with zero attached hydrogens (tertiary/aromatic N) is 1. The number of aromatic hydroxyl groups is 2. The topological polar surface area (TPSA) is 77.0 Å². The summed E-state index contributed by atoms with van der Waals surface area (Å²) in [5.74, 6) is 0.102. The fourth-order valence-corrected chi connectivity index (χ4v) is 4.12. The van der Waals surface area contributed by atoms with Crippen LogP contribution in [0.2, 0.25) is 0 Å². The minimum atomic E-state index is 0.00835. The molecule has 0 fully saturated rings. The summed E-state index contributed by atoms with van der Waals surface area (Å²) in [6.45, 7) is 6.20. The van der Waals surface area contributed by atoms with Gasteiger partial charge in [-0.25, -0.2) is 0 Å². The molecular weight excluding hydrogens is 370 g/mol. The van der Waals surface area contributed by atoms with Crippen LogP contribution < -0.4 is 0 Å². The number of aromatic amines is 2. The molecule has 0 radical (unpaired) electrons. The van der Waals surface area contributed by atoms with Gasteiger partial charge in [-0.1, -0.05) is 25.2 Å². The molecule has 4 rings (SSSR count). The van der Waals surface area contributed by atoms with Crippen molar-refractivity contribution in [1.29, 1.82) is 0 Å². The normalized spacial score (nSPS) is 11.4. The molecule has 0 saturated heterocycles. The Labute approximate surface area is 168 Å². The first-order valence-electron chi connectivity index (χ1n) is 9.25. The highest BCUT2D eigenvalue weighted by molar-refractivity contribution is 7.71. The molecule has 6 heteroatoms. The predicted octanol–water partition coefficient (Wildman–Crippen LogP) is 5.49. The molecule has 0 aliphatic heterocycles. The van der Waals surface area contributed by atoms with E-state index in [4.69, 9.17) is 12.2 Å². The summed E-state index contributed by atoms with van der Waals surface area (Å²) in [7, 11) is 2.07. The summed E-state index contributed by atoms with van der Waals surface area (Å²) in [6.07, 6.45) is 0.661. The van der Waals surface area contributed by atoms with Gasteiger partial charge in [-0.3, -0.25) is 10.2 Å². The summed E-state index contributed by atoms with van der Waals surface area (Å²) < 4.78 is 2.76. The number of rotatable bonds is 3. The van der Waals surface area contributed by atoms with E-state index in [0.29, 0.717) is 22.3 Å². The molecule has 0 saturated carbocycles. The van der Waals surface area contributed by atoms with Gasteiger partial charge in [-0.2, -0.15) is 0 Å². The van der Waals surface area contributed by atoms with Crippen molar-refractivity contribution >= 4 is 23.1 Å². The molecule has 0 bridgehead atoms. The number of fused-ring (bicyclic) bond motifs is 1. The lowest BCUT2D eigenvalue weighted by Crippen LogP contribution is -1.90. The summed E-state index contributed by atoms with van der Waals surface area (Å²) in [5, 5.41) is 27.8. The van der Waals surface area contributed by atoms with Gasteiger partial charge in [0.05, 0.1) is 5.69 Å². The van der Waals surface area contributed by atoms with Crippen molar-refractivity contribution in [2.75, 3.05) is 0 Å². The van der Waals surface area contributed by atoms with E-state index in [9.17, 15) is 10.2 Å². The zero-order chi connectivity index (χ0) is 20.2. The van der Waals surface area contributed by atoms with Gasteiger partial charge in [-0.05, 0) is 55.2 Å². The van der Waals surface area contributed by atoms with Gasteiger partial charge >= 0.3 is 0 Å². The van der Waals surface area contributed by atoms with Gasteiger partial charge < -0.3 is 14.8 Å². The molecule has 2 aromatic carbocycles. The number of nitrogens with one attached hydrogen (secondary N) is 2. The van der Waals surface area contributed by atoms with Crippen molar-refractivity contribution < 1.29 is 10.2 Å². The zero-order valence-corrected chi connectivity index (χ0v) is 17.2. The average Bonchev–Trinajstić information content (AvgIpc) is 3.15. The molecule has 28 heavy (non-hydrogen) atoms. The third-order valence-corrected chi connectivity index (χ3v) is 6.03. The molecule has 144 valence electrons. The number of hydrogen-bond acceptors (Lipinski definition) is 3. The molecule has 0 unspecified atom stereocenters. The van der Waals surface area contributed by atoms with Crippen LogP contribution in [0.3, 0.4) is 0 Å². The average molecular weight is 394 g/mol. The monoisotopic (exact) mass is 393 g/mol. The first-order valence-corrected chi connectivity index (χ1v) is 9.66. The Kier molecular flexibility index (Phi) is 4.31. The Morgan fingerprint density at radius 1 is 1.04 bits per heavy atom. The minimum Gasteiger partial charge on any atom is -0.508 e. The van der Waals surface area contributed by atoms with Crippen molar-refractivity contribution in [3.05, 3.63) is 51.8 Å². The largest absolute Gasteiger partial charge is 0.508 e. The number of phenols is 2. The number of benzene rings is 2. The minimum absolute atomic E-state index is 0.00835. The predicted molar refractivity (Wildman–Crippen MR) is 116 cm³/mol. The Balaban J connectivity index is 1.97. The van der Waals surface area contributed by atoms with Crippen molar-refractivity contribution in [2.24, 2.45) is 7.05 Å². The van der Waals surface area contributed by atoms with Gasteiger partial charge in [0.2, 0.25) is 0 Å². The van der Waals surface area contributed by atoms with E-state index >= 15 is 0 Å². The van der Waals surface area contributed by atoms with Gasteiger partial charge in [0.25, 0.3) is 0 Å². The number of aryl methyl sites for hydroxylation is 3. The lowest BCUT2D eigenvalue weighted by Gasteiger charge is -2.10. The maximum atomic E-state index is 10.5. The fraction of sp³-hybridized carbons (Fsp3) is 0.227. The third kappa shape index (κ3) is 2.64. The third-order valence-electron chi connectivity index (χ3n) is 5.72. The van der Waals surface area contributed by atoms with Crippen molar-refractivity contribution in [2.45, 2.75) is 27.2 Å². The van der Waals surface area contributed by atoms with Crippen LogP contribution in [-0.2, 0) is 13.5 Å². The van der Waals surface area contributed by atoms with Crippen LogP contribution in [-0.4, -0.2) is 25.0 Å². The molecule has 4 aromatic rings. The number of phenolic OH excluding ortho intramolecular Hbond substituents is 2. The summed E-state index contributed by atoms with van der Waals surface area (Å²) in [5.41, 5.74) is 7.54. The second-order valence-electron chi connectivity index (χ2n) is 7.18. The second-order valence-corrected chi connectivity index (χ2v) is 7.59. The van der Waals surface area contributed by atoms with Gasteiger partial charge in [0.15, 0.2) is 0 Å². The molecule has 0 aliphatic carbocycles. The second kappa shape index (κ2) is 6.56. The van der Waals surface area contributed by atoms with E-state index in [1.807, 2.05) is 6.92 Å². The molecular formula is C22H23N3O2S. The maximum absolute atomic E-state index is 10.5. The van der Waals surface area contributed by atoms with E-state index in [0.717, 1.165) is 16.7 Å². The smallest absolute Gasteiger partial charge is 0.128 e. The van der Waals surface area contributed by atoms with Crippen LogP contribution in [0.4, 0.5) is 0 Å². The lowest BCUT2D eigenvalue weighted by molar-refractivity contribution is 0.447. The highest BCUT2D eigenvalue weighted by Crippen LogP contribution is 2.40. The van der Waals surface area contributed by atoms with Gasteiger partial charge in [0.1, 0.15) is 16.1 Å². The van der Waals surface area contributed by atoms with Crippen LogP contribution >= 0.6 is 12.2 Å². The summed E-state index contributed by atoms with van der Waals surface area (Å²) in [6, 6.07) is 9.49. The Bertz CT molecular complexity index is 1280. The standard InChI is InChI=1S/C22H23N3O2S/c1-5-13-8-16(19(27)10-18(13)26)21-20(22(28)24-23-21)14-6-7-17-15(9-14)11(2)12(3)25(17)4/h6-10,26-27H,5H2,1-4H3,(H2,23,24,28). The SMILES string of the molecule is CCc1cc(-c2[nH][nH]c(=S)c2-c2ccc3c(c2)c(C)c(C)n3C)c(O)cc1O. The molecule has 2 heterocycles. The van der Waals surface area contributed by atoms with E-state index in [1.165, 1.54) is 28.2 Å². The quantitative estimate of drug-likeness (QED) is 0.348. The Hall–Kier alpha value is -2.99. The molecule has 4 N–H and O–H groups in total. The molecule has 0 aliphatic rings. The van der Waals surface area contributed by atoms with E-state index < -0.39 is 0 Å². The lowest BCUT2D eigenvalue weighted by atomic mass is 9.97. The molecule has 2 aromatic heterocycles. The first kappa shape index (κ1) is 18.4. The molecule has 5 nitrogen and oxygen atoms in total. The molecule has 0 spiro atoms. The Morgan fingerprint density at radius 2 is 1.79 bits per heavy atom. The van der Waals surface area contributed by atoms with Crippen molar-refractivity contribution in [3.8, 4) is 33.9 Å². The van der Waals surface area contributed by atoms with Crippen molar-refractivity contribution in [3.63, 3.8) is 0 Å². The fourth-order valence-electron chi connectivity index (χ4n) is 3.85. The maximum Gasteiger partial charge on any atom is 0.128 e.